The second-order valence-electron chi connectivity index (χ2n) is 25.3. The molecule has 0 aromatic heterocycles. The second-order valence-corrected chi connectivity index (χ2v) is 25.3. The van der Waals surface area contributed by atoms with Crippen molar-refractivity contribution in [3.63, 3.8) is 0 Å². The maximum atomic E-state index is 13.3. The Hall–Kier alpha value is -4.13. The topological polar surface area (TPSA) is 228 Å². The number of nitrogens with one attached hydrogen (secondary N) is 1. The Balaban J connectivity index is 1.73. The molecule has 0 aromatic rings. The van der Waals surface area contributed by atoms with Crippen LogP contribution < -0.4 is 5.32 Å². The summed E-state index contributed by atoms with van der Waals surface area (Å²) in [7, 11) is 0. The summed E-state index contributed by atoms with van der Waals surface area (Å²) in [5, 5.41) is 87.4. The van der Waals surface area contributed by atoms with E-state index in [9.17, 15) is 45.6 Å². The fourth-order valence-corrected chi connectivity index (χ4v) is 11.1. The van der Waals surface area contributed by atoms with Crippen LogP contribution >= 0.6 is 0 Å². The average molecular weight is 1320 g/mol. The zero-order valence-electron chi connectivity index (χ0n) is 58.4. The molecule has 0 bridgehead atoms. The molecule has 0 radical (unpaired) electrons. The molecule has 0 saturated carbocycles. The van der Waals surface area contributed by atoms with Gasteiger partial charge in [0.25, 0.3) is 0 Å². The molecule has 2 rings (SSSR count). The second kappa shape index (κ2) is 62.4. The van der Waals surface area contributed by atoms with Crippen LogP contribution in [-0.4, -0.2) is 140 Å². The molecule has 12 atom stereocenters. The lowest BCUT2D eigenvalue weighted by molar-refractivity contribution is -0.359. The average Bonchev–Trinajstić information content (AvgIpc) is 0.794. The minimum atomic E-state index is -1.81. The number of unbranched alkanes of at least 4 members (excludes halogenated alkanes) is 24. The molecule has 0 aliphatic carbocycles. The summed E-state index contributed by atoms with van der Waals surface area (Å²) in [4.78, 5) is 13.3. The first-order valence-corrected chi connectivity index (χ1v) is 37.1. The van der Waals surface area contributed by atoms with Crippen molar-refractivity contribution < 1.29 is 64.6 Å². The molecular weight excluding hydrogens is 1180 g/mol. The van der Waals surface area contributed by atoms with Crippen molar-refractivity contribution in [3.05, 3.63) is 146 Å². The van der Waals surface area contributed by atoms with Crippen LogP contribution in [0.5, 0.6) is 0 Å². The van der Waals surface area contributed by atoms with Gasteiger partial charge in [0.1, 0.15) is 48.8 Å². The molecule has 14 nitrogen and oxygen atoms in total. The molecule has 14 heteroatoms. The van der Waals surface area contributed by atoms with E-state index < -0.39 is 86.8 Å². The smallest absolute Gasteiger partial charge is 0.220 e. The summed E-state index contributed by atoms with van der Waals surface area (Å²) in [5.41, 5.74) is 0. The van der Waals surface area contributed by atoms with Crippen LogP contribution in [0.25, 0.3) is 0 Å². The van der Waals surface area contributed by atoms with Gasteiger partial charge in [-0.15, -0.1) is 0 Å². The van der Waals surface area contributed by atoms with Crippen LogP contribution in [0.2, 0.25) is 0 Å². The van der Waals surface area contributed by atoms with Gasteiger partial charge in [-0.3, -0.25) is 4.79 Å². The third-order valence-electron chi connectivity index (χ3n) is 17.0. The third-order valence-corrected chi connectivity index (χ3v) is 17.0. The molecule has 0 aromatic carbocycles. The number of hydrogen-bond donors (Lipinski definition) is 9. The number of aliphatic hydroxyl groups is 8. The standard InChI is InChI=1S/C80H133NO13/c1-3-5-7-9-11-13-15-17-19-21-23-25-27-29-31-33-34-36-37-39-41-43-45-47-49-51-53-55-57-59-61-63-69(84)68(67-91-79-77(90)75(88)78(71(66-83)93-79)94-80-76(89)74(87)73(86)70(65-82)92-80)81-72(85)64-62-60-58-56-54-52-50-48-46-44-42-40-38-35-32-30-28-26-24-22-20-18-16-14-12-10-8-6-4-2/h6,8,12,14,18,20,24,26,30,32,38,40,44-47,50,52-53,55-56,58,61,63,68-71,73-80,82-84,86-90H,3-5,7,9-11,13,15-17,19,21-23,25,27-29,31,33-37,39,41-43,48-49,51,54,57,59-60,62,64-67H2,1-2H3,(H,81,85)/b8-6-,14-12-,20-18-,26-24-,32-30-,40-38-,46-44-,47-45+,52-50-,55-53+,58-56-,63-61+. The highest BCUT2D eigenvalue weighted by atomic mass is 16.7. The lowest BCUT2D eigenvalue weighted by atomic mass is 9.97. The summed E-state index contributed by atoms with van der Waals surface area (Å²) < 4.78 is 22.8. The lowest BCUT2D eigenvalue weighted by Gasteiger charge is -2.46. The van der Waals surface area contributed by atoms with Gasteiger partial charge in [-0.2, -0.15) is 0 Å². The van der Waals surface area contributed by atoms with E-state index >= 15 is 0 Å². The number of amides is 1. The molecule has 2 aliphatic rings. The fraction of sp³-hybridized carbons (Fsp3) is 0.688. The molecular formula is C80H133NO13. The summed E-state index contributed by atoms with van der Waals surface area (Å²) in [6.45, 7) is 2.63. The maximum absolute atomic E-state index is 13.3. The van der Waals surface area contributed by atoms with E-state index in [-0.39, 0.29) is 18.9 Å². The molecule has 9 N–H and O–H groups in total. The molecule has 2 saturated heterocycles. The Morgan fingerprint density at radius 3 is 1.17 bits per heavy atom. The molecule has 2 aliphatic heterocycles. The minimum absolute atomic E-state index is 0.180. The zero-order chi connectivity index (χ0) is 68.0. The number of carbonyl (C=O) groups is 1. The summed E-state index contributed by atoms with van der Waals surface area (Å²) in [5.74, 6) is -0.315. The van der Waals surface area contributed by atoms with Gasteiger partial charge in [-0.25, -0.2) is 0 Å². The highest BCUT2D eigenvalue weighted by Crippen LogP contribution is 2.30. The van der Waals surface area contributed by atoms with Crippen molar-refractivity contribution in [2.24, 2.45) is 0 Å². The van der Waals surface area contributed by atoms with Gasteiger partial charge in [-0.1, -0.05) is 288 Å². The van der Waals surface area contributed by atoms with Gasteiger partial charge in [0, 0.05) is 6.42 Å². The first kappa shape index (κ1) is 86.0. The van der Waals surface area contributed by atoms with Crippen molar-refractivity contribution in [2.75, 3.05) is 19.8 Å². The van der Waals surface area contributed by atoms with Gasteiger partial charge in [0.05, 0.1) is 32.0 Å². The number of rotatable bonds is 59. The van der Waals surface area contributed by atoms with E-state index in [4.69, 9.17) is 18.9 Å². The molecule has 2 heterocycles. The number of carbonyl (C=O) groups excluding carboxylic acids is 1. The van der Waals surface area contributed by atoms with Crippen molar-refractivity contribution in [1.29, 1.82) is 0 Å². The number of hydrogen-bond acceptors (Lipinski definition) is 13. The fourth-order valence-electron chi connectivity index (χ4n) is 11.1. The Labute approximate surface area is 570 Å². The van der Waals surface area contributed by atoms with Crippen LogP contribution in [-0.2, 0) is 23.7 Å². The molecule has 0 spiro atoms. The van der Waals surface area contributed by atoms with Crippen molar-refractivity contribution in [1.82, 2.24) is 5.32 Å². The van der Waals surface area contributed by atoms with Gasteiger partial charge >= 0.3 is 0 Å². The molecule has 1 amide bonds. The first-order valence-electron chi connectivity index (χ1n) is 37.1. The van der Waals surface area contributed by atoms with Crippen LogP contribution in [0.4, 0.5) is 0 Å². The maximum Gasteiger partial charge on any atom is 0.220 e. The Kier molecular flexibility index (Phi) is 57.1. The third kappa shape index (κ3) is 45.4. The van der Waals surface area contributed by atoms with E-state index in [1.165, 1.54) is 135 Å². The van der Waals surface area contributed by atoms with E-state index in [0.717, 1.165) is 83.5 Å². The van der Waals surface area contributed by atoms with Crippen LogP contribution in [0.1, 0.15) is 258 Å². The zero-order valence-corrected chi connectivity index (χ0v) is 58.4. The van der Waals surface area contributed by atoms with Crippen molar-refractivity contribution in [3.8, 4) is 0 Å². The Morgan fingerprint density at radius 2 is 0.745 bits per heavy atom. The summed E-state index contributed by atoms with van der Waals surface area (Å²) in [6.07, 6.45) is 77.8. The largest absolute Gasteiger partial charge is 0.394 e. The van der Waals surface area contributed by atoms with Crippen LogP contribution in [0, 0.1) is 0 Å². The predicted octanol–water partition coefficient (Wildman–Crippen LogP) is 16.0. The van der Waals surface area contributed by atoms with Gasteiger partial charge in [-0.05, 0) is 109 Å². The highest BCUT2D eigenvalue weighted by Gasteiger charge is 2.51. The van der Waals surface area contributed by atoms with Crippen LogP contribution in [0.15, 0.2) is 146 Å². The normalized spacial score (nSPS) is 23.3. The monoisotopic (exact) mass is 1320 g/mol. The molecule has 12 unspecified atom stereocenters. The first-order chi connectivity index (χ1) is 46.1. The number of aliphatic hydroxyl groups excluding tert-OH is 8. The minimum Gasteiger partial charge on any atom is -0.394 e. The Morgan fingerprint density at radius 1 is 0.394 bits per heavy atom. The quantitative estimate of drug-likeness (QED) is 0.0204. The van der Waals surface area contributed by atoms with E-state index in [0.29, 0.717) is 19.3 Å². The predicted molar refractivity (Wildman–Crippen MR) is 387 cm³/mol. The highest BCUT2D eigenvalue weighted by molar-refractivity contribution is 5.76. The number of allylic oxidation sites excluding steroid dienone is 23. The van der Waals surface area contributed by atoms with Gasteiger partial charge in [0.2, 0.25) is 5.91 Å². The molecule has 536 valence electrons. The van der Waals surface area contributed by atoms with Crippen molar-refractivity contribution >= 4 is 5.91 Å². The van der Waals surface area contributed by atoms with E-state index in [1.54, 1.807) is 6.08 Å². The van der Waals surface area contributed by atoms with E-state index in [2.05, 4.69) is 147 Å². The summed E-state index contributed by atoms with van der Waals surface area (Å²) >= 11 is 0. The van der Waals surface area contributed by atoms with Gasteiger partial charge < -0.3 is 65.1 Å². The summed E-state index contributed by atoms with van der Waals surface area (Å²) in [6, 6.07) is -0.983. The Bertz CT molecular complexity index is 2140. The number of ether oxygens (including phenoxy) is 4. The molecule has 94 heavy (non-hydrogen) atoms. The SMILES string of the molecule is CC/C=C\C/C=C\C/C=C\C/C=C\C/C=C\C/C=C\C/C=C\C/C=C\C/C=C\CCCC(=O)NC(COC1OC(CO)C(OC2OC(CO)C(O)C(O)C2O)C(O)C1O)C(O)/C=C/CC/C=C/CC/C=C/CCCCCCCCCCCCCCCCCCCCCCC. The van der Waals surface area contributed by atoms with Gasteiger partial charge in [0.15, 0.2) is 12.6 Å². The lowest BCUT2D eigenvalue weighted by Crippen LogP contribution is -2.65. The van der Waals surface area contributed by atoms with Crippen LogP contribution in [0.3, 0.4) is 0 Å². The van der Waals surface area contributed by atoms with E-state index in [1.807, 2.05) is 12.2 Å². The van der Waals surface area contributed by atoms with Crippen molar-refractivity contribution in [2.45, 2.75) is 331 Å². The molecule has 2 fully saturated rings.